The number of aryl methyl sites for hydroxylation is 1. The first kappa shape index (κ1) is 23.9. The van der Waals surface area contributed by atoms with Crippen LogP contribution in [0.25, 0.3) is 0 Å². The van der Waals surface area contributed by atoms with Crippen LogP contribution < -0.4 is 20.3 Å². The first-order chi connectivity index (χ1) is 16.2. The van der Waals surface area contributed by atoms with E-state index in [0.29, 0.717) is 18.4 Å². The van der Waals surface area contributed by atoms with Crippen molar-refractivity contribution >= 4 is 28.2 Å². The zero-order chi connectivity index (χ0) is 24.6. The van der Waals surface area contributed by atoms with Gasteiger partial charge in [0, 0.05) is 25.1 Å². The minimum atomic E-state index is -1.70. The molecule has 1 saturated carbocycles. The zero-order valence-corrected chi connectivity index (χ0v) is 19.6. The lowest BCUT2D eigenvalue weighted by Crippen LogP contribution is -2.23. The molecule has 0 radical (unpaired) electrons. The van der Waals surface area contributed by atoms with Gasteiger partial charge in [0.2, 0.25) is 0 Å². The normalized spacial score (nSPS) is 17.8. The summed E-state index contributed by atoms with van der Waals surface area (Å²) in [5, 5.41) is 2.47. The number of hydrogen-bond acceptors (Lipinski definition) is 4. The minimum absolute atomic E-state index is 0.120. The first-order valence-electron chi connectivity index (χ1n) is 10.7. The number of nitrogens with zero attached hydrogens (tertiary/aromatic N) is 1. The molecule has 2 aromatic carbocycles. The number of hydrogen-bond donors (Lipinski definition) is 2. The SMILES string of the molecule is CCc1ccc(Nc2c(NS(=O)C3CC3c3ccc(F)cc3F)c(OC)cc(=O)n2C)c(F)c1. The molecule has 1 aliphatic carbocycles. The van der Waals surface area contributed by atoms with Crippen molar-refractivity contribution in [3.8, 4) is 5.75 Å². The van der Waals surface area contributed by atoms with E-state index in [4.69, 9.17) is 4.74 Å². The van der Waals surface area contributed by atoms with Crippen LogP contribution in [-0.2, 0) is 24.5 Å². The number of aromatic nitrogens is 1. The van der Waals surface area contributed by atoms with Crippen LogP contribution in [0, 0.1) is 17.5 Å². The lowest BCUT2D eigenvalue weighted by atomic mass is 10.1. The zero-order valence-electron chi connectivity index (χ0n) is 18.8. The molecule has 4 rings (SSSR count). The Kier molecular flexibility index (Phi) is 6.70. The molecule has 1 aromatic heterocycles. The van der Waals surface area contributed by atoms with Crippen molar-refractivity contribution < 1.29 is 22.1 Å². The van der Waals surface area contributed by atoms with Crippen LogP contribution in [0.15, 0.2) is 47.3 Å². The van der Waals surface area contributed by atoms with Gasteiger partial charge in [-0.1, -0.05) is 19.1 Å². The largest absolute Gasteiger partial charge is 0.494 e. The van der Waals surface area contributed by atoms with E-state index in [0.717, 1.165) is 11.6 Å². The summed E-state index contributed by atoms with van der Waals surface area (Å²) >= 11 is 0. The second-order valence-electron chi connectivity index (χ2n) is 8.07. The Labute approximate surface area is 197 Å². The third-order valence-corrected chi connectivity index (χ3v) is 7.37. The van der Waals surface area contributed by atoms with E-state index >= 15 is 0 Å². The molecule has 3 atom stereocenters. The molecule has 0 bridgehead atoms. The molecular formula is C24H24F3N3O3S. The van der Waals surface area contributed by atoms with Gasteiger partial charge in [0.05, 0.1) is 18.0 Å². The minimum Gasteiger partial charge on any atom is -0.494 e. The molecule has 0 aliphatic heterocycles. The van der Waals surface area contributed by atoms with Crippen molar-refractivity contribution in [2.24, 2.45) is 7.05 Å². The number of nitrogens with one attached hydrogen (secondary N) is 2. The van der Waals surface area contributed by atoms with E-state index in [1.807, 2.05) is 6.92 Å². The Morgan fingerprint density at radius 3 is 2.53 bits per heavy atom. The predicted octanol–water partition coefficient (Wildman–Crippen LogP) is 4.75. The molecule has 1 heterocycles. The van der Waals surface area contributed by atoms with Gasteiger partial charge in [-0.2, -0.15) is 0 Å². The summed E-state index contributed by atoms with van der Waals surface area (Å²) in [6.45, 7) is 1.91. The lowest BCUT2D eigenvalue weighted by Gasteiger charge is -2.20. The molecule has 6 nitrogen and oxygen atoms in total. The predicted molar refractivity (Wildman–Crippen MR) is 127 cm³/mol. The average Bonchev–Trinajstić information content (AvgIpc) is 3.60. The van der Waals surface area contributed by atoms with E-state index in [1.165, 1.54) is 43.0 Å². The van der Waals surface area contributed by atoms with Crippen LogP contribution in [0.5, 0.6) is 5.75 Å². The van der Waals surface area contributed by atoms with E-state index in [9.17, 15) is 22.2 Å². The molecule has 3 aromatic rings. The number of benzene rings is 2. The second-order valence-corrected chi connectivity index (χ2v) is 9.48. The third-order valence-electron chi connectivity index (χ3n) is 5.89. The number of pyridine rings is 1. The number of ether oxygens (including phenoxy) is 1. The highest BCUT2D eigenvalue weighted by molar-refractivity contribution is 7.87. The Morgan fingerprint density at radius 1 is 1.12 bits per heavy atom. The summed E-state index contributed by atoms with van der Waals surface area (Å²) in [5.74, 6) is -1.93. The summed E-state index contributed by atoms with van der Waals surface area (Å²) in [7, 11) is 1.15. The number of anilines is 3. The van der Waals surface area contributed by atoms with E-state index in [-0.39, 0.29) is 28.9 Å². The maximum atomic E-state index is 14.7. The number of methoxy groups -OCH3 is 1. The van der Waals surface area contributed by atoms with Crippen LogP contribution >= 0.6 is 0 Å². The lowest BCUT2D eigenvalue weighted by molar-refractivity contribution is 0.415. The van der Waals surface area contributed by atoms with E-state index in [1.54, 1.807) is 12.1 Å². The molecule has 0 saturated heterocycles. The number of rotatable bonds is 8. The quantitative estimate of drug-likeness (QED) is 0.477. The van der Waals surface area contributed by atoms with Crippen LogP contribution in [0.1, 0.15) is 30.4 Å². The van der Waals surface area contributed by atoms with Crippen LogP contribution in [-0.4, -0.2) is 21.1 Å². The van der Waals surface area contributed by atoms with Gasteiger partial charge in [-0.25, -0.2) is 17.4 Å². The van der Waals surface area contributed by atoms with Crippen molar-refractivity contribution in [3.63, 3.8) is 0 Å². The summed E-state index contributed by atoms with van der Waals surface area (Å²) < 4.78 is 64.6. The molecule has 180 valence electrons. The molecule has 0 spiro atoms. The van der Waals surface area contributed by atoms with Gasteiger partial charge >= 0.3 is 0 Å². The maximum Gasteiger partial charge on any atom is 0.255 e. The second kappa shape index (κ2) is 9.54. The van der Waals surface area contributed by atoms with Gasteiger partial charge in [-0.3, -0.25) is 14.1 Å². The Morgan fingerprint density at radius 2 is 1.88 bits per heavy atom. The van der Waals surface area contributed by atoms with Crippen molar-refractivity contribution in [2.75, 3.05) is 17.1 Å². The standard InChI is InChI=1S/C24H24F3N3O3S/c1-4-13-5-8-19(18(27)9-13)28-24-23(20(33-3)12-22(31)30(24)2)29-34(32)21-11-16(21)15-7-6-14(25)10-17(15)26/h5-10,12,16,21,28-29H,4,11H2,1-3H3. The van der Waals surface area contributed by atoms with E-state index in [2.05, 4.69) is 10.0 Å². The summed E-state index contributed by atoms with van der Waals surface area (Å²) in [6, 6.07) is 9.28. The van der Waals surface area contributed by atoms with Crippen LogP contribution in [0.2, 0.25) is 0 Å². The fraction of sp³-hybridized carbons (Fsp3) is 0.292. The molecule has 10 heteroatoms. The van der Waals surface area contributed by atoms with Gasteiger partial charge in [0.1, 0.15) is 39.9 Å². The highest BCUT2D eigenvalue weighted by Crippen LogP contribution is 2.46. The van der Waals surface area contributed by atoms with Crippen molar-refractivity contribution in [3.05, 3.63) is 81.4 Å². The van der Waals surface area contributed by atoms with Crippen molar-refractivity contribution in [2.45, 2.75) is 30.9 Å². The van der Waals surface area contributed by atoms with Crippen LogP contribution in [0.3, 0.4) is 0 Å². The van der Waals surface area contributed by atoms with E-state index < -0.39 is 39.2 Å². The highest BCUT2D eigenvalue weighted by Gasteiger charge is 2.45. The Balaban J connectivity index is 1.64. The molecule has 34 heavy (non-hydrogen) atoms. The molecular weight excluding hydrogens is 467 g/mol. The topological polar surface area (TPSA) is 72.4 Å². The highest BCUT2D eigenvalue weighted by atomic mass is 32.2. The van der Waals surface area contributed by atoms with Gasteiger partial charge in [0.25, 0.3) is 5.56 Å². The van der Waals surface area contributed by atoms with Gasteiger partial charge in [0.15, 0.2) is 5.75 Å². The smallest absolute Gasteiger partial charge is 0.255 e. The Bertz CT molecular complexity index is 1330. The fourth-order valence-electron chi connectivity index (χ4n) is 3.80. The maximum absolute atomic E-state index is 14.7. The molecule has 1 aliphatic rings. The average molecular weight is 492 g/mol. The number of halogens is 3. The Hall–Kier alpha value is -3.27. The van der Waals surface area contributed by atoms with Gasteiger partial charge in [-0.15, -0.1) is 0 Å². The molecule has 1 fully saturated rings. The fourth-order valence-corrected chi connectivity index (χ4v) is 5.18. The first-order valence-corrected chi connectivity index (χ1v) is 11.9. The van der Waals surface area contributed by atoms with Crippen molar-refractivity contribution in [1.82, 2.24) is 4.57 Å². The summed E-state index contributed by atoms with van der Waals surface area (Å²) in [5.41, 5.74) is 1.03. The molecule has 0 amide bonds. The molecule has 2 N–H and O–H groups in total. The van der Waals surface area contributed by atoms with Gasteiger partial charge in [-0.05, 0) is 42.2 Å². The summed E-state index contributed by atoms with van der Waals surface area (Å²) in [6.07, 6.45) is 1.10. The van der Waals surface area contributed by atoms with Crippen LogP contribution in [0.4, 0.5) is 30.4 Å². The molecule has 3 unspecified atom stereocenters. The van der Waals surface area contributed by atoms with Gasteiger partial charge < -0.3 is 10.1 Å². The monoisotopic (exact) mass is 491 g/mol. The summed E-state index contributed by atoms with van der Waals surface area (Å²) in [4.78, 5) is 12.5. The third kappa shape index (κ3) is 4.68. The van der Waals surface area contributed by atoms with Crippen molar-refractivity contribution in [1.29, 1.82) is 0 Å².